The monoisotopic (exact) mass is 363 g/mol. The standard InChI is InChI=1S/C21H25N5O/c1-15(12-25-17(3)16(2)18-7-4-5-8-19(18)25)24-11-20(27)26-10-6-9-21(26,13-22)14-23/h4-5,7-8,15,24H,6,9-12H2,1-3H3/t15-/m0/s1. The highest BCUT2D eigenvalue weighted by Gasteiger charge is 2.44. The molecule has 0 bridgehead atoms. The van der Waals surface area contributed by atoms with Crippen molar-refractivity contribution in [3.05, 3.63) is 35.5 Å². The summed E-state index contributed by atoms with van der Waals surface area (Å²) >= 11 is 0. The molecule has 0 unspecified atom stereocenters. The Morgan fingerprint density at radius 1 is 1.30 bits per heavy atom. The number of carbonyl (C=O) groups excluding carboxylic acids is 1. The maximum absolute atomic E-state index is 12.6. The van der Waals surface area contributed by atoms with Crippen molar-refractivity contribution in [2.24, 2.45) is 0 Å². The molecule has 0 radical (unpaired) electrons. The number of aryl methyl sites for hydroxylation is 1. The highest BCUT2D eigenvalue weighted by Crippen LogP contribution is 2.28. The van der Waals surface area contributed by atoms with Gasteiger partial charge in [0.25, 0.3) is 0 Å². The van der Waals surface area contributed by atoms with Crippen LogP contribution in [0.5, 0.6) is 0 Å². The first kappa shape index (κ1) is 18.9. The molecule has 3 rings (SSSR count). The molecule has 1 N–H and O–H groups in total. The van der Waals surface area contributed by atoms with Gasteiger partial charge in [0, 0.05) is 35.7 Å². The van der Waals surface area contributed by atoms with E-state index in [4.69, 9.17) is 0 Å². The number of hydrogen-bond acceptors (Lipinski definition) is 4. The highest BCUT2D eigenvalue weighted by atomic mass is 16.2. The molecule has 6 nitrogen and oxygen atoms in total. The smallest absolute Gasteiger partial charge is 0.238 e. The van der Waals surface area contributed by atoms with Gasteiger partial charge in [0.1, 0.15) is 12.1 Å². The second kappa shape index (κ2) is 7.42. The van der Waals surface area contributed by atoms with Crippen molar-refractivity contribution < 1.29 is 4.79 Å². The summed E-state index contributed by atoms with van der Waals surface area (Å²) in [6.07, 6.45) is 1.12. The molecule has 1 aliphatic heterocycles. The first-order valence-electron chi connectivity index (χ1n) is 9.34. The number of aromatic nitrogens is 1. The lowest BCUT2D eigenvalue weighted by atomic mass is 10.0. The quantitative estimate of drug-likeness (QED) is 0.885. The Balaban J connectivity index is 1.67. The molecule has 1 fully saturated rings. The maximum Gasteiger partial charge on any atom is 0.238 e. The first-order valence-corrected chi connectivity index (χ1v) is 9.34. The lowest BCUT2D eigenvalue weighted by molar-refractivity contribution is -0.131. The summed E-state index contributed by atoms with van der Waals surface area (Å²) in [5.74, 6) is -0.187. The van der Waals surface area contributed by atoms with E-state index >= 15 is 0 Å². The van der Waals surface area contributed by atoms with Crippen LogP contribution in [0.2, 0.25) is 0 Å². The number of nitrogens with one attached hydrogen (secondary N) is 1. The van der Waals surface area contributed by atoms with Gasteiger partial charge in [-0.25, -0.2) is 0 Å². The molecule has 2 heterocycles. The van der Waals surface area contributed by atoms with E-state index in [0.29, 0.717) is 19.4 Å². The van der Waals surface area contributed by atoms with Crippen LogP contribution in [0, 0.1) is 36.5 Å². The first-order chi connectivity index (χ1) is 12.9. The number of benzene rings is 1. The number of rotatable bonds is 5. The van der Waals surface area contributed by atoms with E-state index in [-0.39, 0.29) is 18.5 Å². The van der Waals surface area contributed by atoms with Crippen LogP contribution in [0.25, 0.3) is 10.9 Å². The Morgan fingerprint density at radius 3 is 2.70 bits per heavy atom. The molecule has 1 aromatic heterocycles. The molecule has 140 valence electrons. The molecular formula is C21H25N5O. The second-order valence-corrected chi connectivity index (χ2v) is 7.35. The van der Waals surface area contributed by atoms with Gasteiger partial charge in [-0.3, -0.25) is 4.79 Å². The zero-order valence-corrected chi connectivity index (χ0v) is 16.1. The van der Waals surface area contributed by atoms with Gasteiger partial charge >= 0.3 is 0 Å². The number of amides is 1. The largest absolute Gasteiger partial charge is 0.343 e. The molecular weight excluding hydrogens is 338 g/mol. The Kier molecular flexibility index (Phi) is 5.21. The number of nitriles is 2. The van der Waals surface area contributed by atoms with Crippen molar-refractivity contribution in [2.45, 2.75) is 51.7 Å². The van der Waals surface area contributed by atoms with Gasteiger partial charge in [-0.05, 0) is 45.2 Å². The topological polar surface area (TPSA) is 84.8 Å². The zero-order valence-electron chi connectivity index (χ0n) is 16.1. The number of likely N-dealkylation sites (tertiary alicyclic amines) is 1. The third-order valence-electron chi connectivity index (χ3n) is 5.66. The molecule has 27 heavy (non-hydrogen) atoms. The third kappa shape index (κ3) is 3.29. The van der Waals surface area contributed by atoms with Crippen molar-refractivity contribution >= 4 is 16.8 Å². The van der Waals surface area contributed by atoms with Crippen LogP contribution in [-0.2, 0) is 11.3 Å². The Bertz CT molecular complexity index is 932. The van der Waals surface area contributed by atoms with E-state index in [0.717, 1.165) is 6.54 Å². The summed E-state index contributed by atoms with van der Waals surface area (Å²) in [5.41, 5.74) is 2.40. The molecule has 1 atom stereocenters. The van der Waals surface area contributed by atoms with Crippen LogP contribution in [-0.4, -0.2) is 40.0 Å². The summed E-state index contributed by atoms with van der Waals surface area (Å²) in [6, 6.07) is 12.5. The number of carbonyl (C=O) groups is 1. The van der Waals surface area contributed by atoms with Crippen LogP contribution in [0.4, 0.5) is 0 Å². The van der Waals surface area contributed by atoms with Crippen LogP contribution in [0.15, 0.2) is 24.3 Å². The van der Waals surface area contributed by atoms with Crippen molar-refractivity contribution in [3.63, 3.8) is 0 Å². The fourth-order valence-electron chi connectivity index (χ4n) is 3.95. The van der Waals surface area contributed by atoms with Gasteiger partial charge in [-0.15, -0.1) is 0 Å². The lowest BCUT2D eigenvalue weighted by Crippen LogP contribution is -2.49. The van der Waals surface area contributed by atoms with Gasteiger partial charge in [-0.2, -0.15) is 10.5 Å². The number of nitrogens with zero attached hydrogens (tertiary/aromatic N) is 4. The SMILES string of the molecule is Cc1c(C)n(C[C@H](C)NCC(=O)N2CCCC2(C#N)C#N)c2ccccc12. The number of hydrogen-bond donors (Lipinski definition) is 1. The van der Waals surface area contributed by atoms with Gasteiger partial charge in [0.2, 0.25) is 11.4 Å². The molecule has 1 amide bonds. The minimum Gasteiger partial charge on any atom is -0.343 e. The van der Waals surface area contributed by atoms with E-state index < -0.39 is 5.54 Å². The fraction of sp³-hybridized carbons (Fsp3) is 0.476. The predicted octanol–water partition coefficient (Wildman–Crippen LogP) is 2.64. The average molecular weight is 363 g/mol. The summed E-state index contributed by atoms with van der Waals surface area (Å²) in [7, 11) is 0. The lowest BCUT2D eigenvalue weighted by Gasteiger charge is -2.27. The maximum atomic E-state index is 12.6. The van der Waals surface area contributed by atoms with Gasteiger partial charge in [0.05, 0.1) is 6.54 Å². The summed E-state index contributed by atoms with van der Waals surface area (Å²) < 4.78 is 2.28. The minimum atomic E-state index is -1.30. The molecule has 0 spiro atoms. The molecule has 0 saturated carbocycles. The molecule has 1 aromatic carbocycles. The minimum absolute atomic E-state index is 0.0732. The average Bonchev–Trinajstić information content (AvgIpc) is 3.22. The summed E-state index contributed by atoms with van der Waals surface area (Å²) in [5, 5.41) is 23.2. The van der Waals surface area contributed by atoms with Crippen LogP contribution < -0.4 is 5.32 Å². The van der Waals surface area contributed by atoms with Crippen LogP contribution >= 0.6 is 0 Å². The molecule has 1 saturated heterocycles. The van der Waals surface area contributed by atoms with E-state index in [1.807, 2.05) is 31.2 Å². The molecule has 1 aliphatic rings. The fourth-order valence-corrected chi connectivity index (χ4v) is 3.95. The van der Waals surface area contributed by atoms with Crippen LogP contribution in [0.1, 0.15) is 31.0 Å². The predicted molar refractivity (Wildman–Crippen MR) is 104 cm³/mol. The van der Waals surface area contributed by atoms with Crippen LogP contribution in [0.3, 0.4) is 0 Å². The number of para-hydroxylation sites is 1. The molecule has 0 aliphatic carbocycles. The van der Waals surface area contributed by atoms with Gasteiger partial charge < -0.3 is 14.8 Å². The zero-order chi connectivity index (χ0) is 19.6. The van der Waals surface area contributed by atoms with E-state index in [1.54, 1.807) is 0 Å². The Morgan fingerprint density at radius 2 is 2.00 bits per heavy atom. The van der Waals surface area contributed by atoms with Crippen molar-refractivity contribution in [1.29, 1.82) is 10.5 Å². The normalized spacial score (nSPS) is 16.9. The van der Waals surface area contributed by atoms with Gasteiger partial charge in [0.15, 0.2) is 0 Å². The third-order valence-corrected chi connectivity index (χ3v) is 5.66. The number of fused-ring (bicyclic) bond motifs is 1. The van der Waals surface area contributed by atoms with Crippen molar-refractivity contribution in [1.82, 2.24) is 14.8 Å². The van der Waals surface area contributed by atoms with Gasteiger partial charge in [-0.1, -0.05) is 18.2 Å². The summed E-state index contributed by atoms with van der Waals surface area (Å²) in [6.45, 7) is 7.63. The molecule has 6 heteroatoms. The molecule has 2 aromatic rings. The van der Waals surface area contributed by atoms with E-state index in [1.165, 1.54) is 27.1 Å². The second-order valence-electron chi connectivity index (χ2n) is 7.35. The van der Waals surface area contributed by atoms with Crippen molar-refractivity contribution in [3.8, 4) is 12.1 Å². The van der Waals surface area contributed by atoms with E-state index in [9.17, 15) is 15.3 Å². The Labute approximate surface area is 160 Å². The van der Waals surface area contributed by atoms with E-state index in [2.05, 4.69) is 35.9 Å². The summed E-state index contributed by atoms with van der Waals surface area (Å²) in [4.78, 5) is 14.0. The highest BCUT2D eigenvalue weighted by molar-refractivity contribution is 5.85. The Hall–Kier alpha value is -2.83. The van der Waals surface area contributed by atoms with Crippen molar-refractivity contribution in [2.75, 3.05) is 13.1 Å².